The van der Waals surface area contributed by atoms with E-state index in [1.54, 1.807) is 0 Å². The van der Waals surface area contributed by atoms with Crippen molar-refractivity contribution < 1.29 is 4.53 Å². The van der Waals surface area contributed by atoms with Crippen molar-refractivity contribution in [3.63, 3.8) is 0 Å². The van der Waals surface area contributed by atoms with Crippen molar-refractivity contribution in [3.05, 3.63) is 91.0 Å². The molecule has 3 nitrogen and oxygen atoms in total. The molecule has 0 amide bonds. The lowest BCUT2D eigenvalue weighted by atomic mass is 10.3. The summed E-state index contributed by atoms with van der Waals surface area (Å²) in [6, 6.07) is 32.7. The minimum absolute atomic E-state index is 0.225. The molecule has 0 radical (unpaired) electrons. The summed E-state index contributed by atoms with van der Waals surface area (Å²) >= 11 is 0. The van der Waals surface area contributed by atoms with Crippen LogP contribution in [-0.4, -0.2) is 14.5 Å². The molecule has 0 aromatic heterocycles. The molecule has 0 spiro atoms. The normalized spacial score (nSPS) is 11.2. The van der Waals surface area contributed by atoms with Crippen molar-refractivity contribution >= 4 is 30.1 Å². The van der Waals surface area contributed by atoms with E-state index >= 15 is 0 Å². The fraction of sp³-hybridized carbons (Fsp3) is 0.0476. The van der Waals surface area contributed by atoms with Gasteiger partial charge in [0.05, 0.1) is 18.7 Å². The minimum atomic E-state index is -2.78. The zero-order chi connectivity index (χ0) is 17.4. The van der Waals surface area contributed by atoms with Gasteiger partial charge in [0.25, 0.3) is 0 Å². The number of nitrogens with zero attached hydrogens (tertiary/aromatic N) is 2. The molecule has 0 saturated carbocycles. The summed E-state index contributed by atoms with van der Waals surface area (Å²) in [5.74, 6) is 0. The van der Waals surface area contributed by atoms with Gasteiger partial charge in [0, 0.05) is 0 Å². The van der Waals surface area contributed by atoms with Crippen molar-refractivity contribution in [1.82, 2.24) is 0 Å². The topological polar surface area (TPSA) is 45.4 Å². The van der Waals surface area contributed by atoms with Crippen LogP contribution in [0.5, 0.6) is 0 Å². The molecule has 0 atom stereocenters. The molecule has 0 heterocycles. The number of nitriles is 1. The standard InChI is InChI=1S/C21H18N2OSi/c22-17-10-18-23-24-25(19-11-4-1-5-12-19,20-13-6-2-7-14-20)21-15-8-3-9-16-21/h1-9,11-16,18H,10H2/b23-18+. The van der Waals surface area contributed by atoms with E-state index in [4.69, 9.17) is 9.79 Å². The van der Waals surface area contributed by atoms with Crippen molar-refractivity contribution in [2.45, 2.75) is 6.42 Å². The highest BCUT2D eigenvalue weighted by Gasteiger charge is 2.44. The quantitative estimate of drug-likeness (QED) is 0.299. The molecule has 0 aliphatic carbocycles. The average molecular weight is 342 g/mol. The van der Waals surface area contributed by atoms with Crippen LogP contribution >= 0.6 is 0 Å². The van der Waals surface area contributed by atoms with E-state index in [0.717, 1.165) is 15.6 Å². The number of hydrogen-bond acceptors (Lipinski definition) is 3. The van der Waals surface area contributed by atoms with Crippen molar-refractivity contribution in [2.75, 3.05) is 0 Å². The molecule has 3 aromatic rings. The summed E-state index contributed by atoms with van der Waals surface area (Å²) in [7, 11) is -2.78. The van der Waals surface area contributed by atoms with Crippen LogP contribution in [0.4, 0.5) is 0 Å². The van der Waals surface area contributed by atoms with Gasteiger partial charge in [-0.3, -0.25) is 0 Å². The van der Waals surface area contributed by atoms with Crippen LogP contribution in [-0.2, 0) is 4.53 Å². The van der Waals surface area contributed by atoms with E-state index < -0.39 is 8.32 Å². The number of benzene rings is 3. The van der Waals surface area contributed by atoms with Crippen molar-refractivity contribution in [1.29, 1.82) is 5.26 Å². The van der Waals surface area contributed by atoms with Gasteiger partial charge in [0.15, 0.2) is 0 Å². The average Bonchev–Trinajstić information content (AvgIpc) is 2.70. The first-order valence-corrected chi connectivity index (χ1v) is 10.0. The number of rotatable bonds is 6. The Bertz CT molecular complexity index is 762. The lowest BCUT2D eigenvalue weighted by molar-refractivity contribution is 0.350. The molecule has 0 fully saturated rings. The Labute approximate surface area is 149 Å². The van der Waals surface area contributed by atoms with Crippen LogP contribution in [0.15, 0.2) is 96.2 Å². The molecular formula is C21H18N2OSi. The Balaban J connectivity index is 2.22. The number of oxime groups is 1. The van der Waals surface area contributed by atoms with Gasteiger partial charge < -0.3 is 4.53 Å². The largest absolute Gasteiger partial charge is 0.438 e. The first kappa shape index (κ1) is 16.7. The summed E-state index contributed by atoms with van der Waals surface area (Å²) < 4.78 is 6.25. The van der Waals surface area contributed by atoms with Gasteiger partial charge >= 0.3 is 8.32 Å². The summed E-state index contributed by atoms with van der Waals surface area (Å²) in [4.78, 5) is 0. The van der Waals surface area contributed by atoms with Gasteiger partial charge in [-0.25, -0.2) is 0 Å². The second-order valence-electron chi connectivity index (χ2n) is 5.52. The molecule has 25 heavy (non-hydrogen) atoms. The van der Waals surface area contributed by atoms with E-state index in [1.165, 1.54) is 6.21 Å². The monoisotopic (exact) mass is 342 g/mol. The van der Waals surface area contributed by atoms with Gasteiger partial charge in [-0.1, -0.05) is 91.0 Å². The molecule has 0 unspecified atom stereocenters. The first-order valence-electron chi connectivity index (χ1n) is 8.11. The Kier molecular flexibility index (Phi) is 5.40. The molecular weight excluding hydrogens is 324 g/mol. The van der Waals surface area contributed by atoms with Gasteiger partial charge in [0.2, 0.25) is 0 Å². The SMILES string of the molecule is N#CC/C=N/O[Si](c1ccccc1)(c1ccccc1)c1ccccc1. The lowest BCUT2D eigenvalue weighted by Crippen LogP contribution is -2.68. The highest BCUT2D eigenvalue weighted by molar-refractivity contribution is 7.07. The zero-order valence-corrected chi connectivity index (χ0v) is 14.7. The maximum Gasteiger partial charge on any atom is 0.380 e. The van der Waals surface area contributed by atoms with Crippen LogP contribution in [0.3, 0.4) is 0 Å². The molecule has 0 saturated heterocycles. The fourth-order valence-electron chi connectivity index (χ4n) is 2.87. The molecule has 4 heteroatoms. The molecule has 3 rings (SSSR count). The predicted octanol–water partition coefficient (Wildman–Crippen LogP) is 2.57. The lowest BCUT2D eigenvalue weighted by Gasteiger charge is -2.29. The third-order valence-corrected chi connectivity index (χ3v) is 7.81. The van der Waals surface area contributed by atoms with Gasteiger partial charge in [-0.05, 0) is 15.6 Å². The molecule has 0 aliphatic rings. The summed E-state index contributed by atoms with van der Waals surface area (Å²) in [6.45, 7) is 0. The second-order valence-corrected chi connectivity index (χ2v) is 8.80. The highest BCUT2D eigenvalue weighted by Crippen LogP contribution is 2.10. The predicted molar refractivity (Wildman–Crippen MR) is 104 cm³/mol. The Morgan fingerprint density at radius 3 is 1.52 bits per heavy atom. The van der Waals surface area contributed by atoms with E-state index in [0.29, 0.717) is 0 Å². The fourth-order valence-corrected chi connectivity index (χ4v) is 6.41. The Morgan fingerprint density at radius 2 is 1.16 bits per heavy atom. The van der Waals surface area contributed by atoms with Gasteiger partial charge in [-0.15, -0.1) is 5.16 Å². The minimum Gasteiger partial charge on any atom is -0.438 e. The van der Waals surface area contributed by atoms with Crippen LogP contribution < -0.4 is 15.6 Å². The Hall–Kier alpha value is -3.16. The van der Waals surface area contributed by atoms with Gasteiger partial charge in [-0.2, -0.15) is 5.26 Å². The molecule has 3 aromatic carbocycles. The third-order valence-electron chi connectivity index (χ3n) is 3.99. The molecule has 0 N–H and O–H groups in total. The summed E-state index contributed by atoms with van der Waals surface area (Å²) in [6.07, 6.45) is 1.75. The second kappa shape index (κ2) is 8.09. The van der Waals surface area contributed by atoms with Crippen molar-refractivity contribution in [3.8, 4) is 6.07 Å². The van der Waals surface area contributed by atoms with E-state index in [1.807, 2.05) is 54.6 Å². The molecule has 122 valence electrons. The van der Waals surface area contributed by atoms with Crippen LogP contribution in [0.25, 0.3) is 0 Å². The number of hydrogen-bond donors (Lipinski definition) is 0. The van der Waals surface area contributed by atoms with Crippen molar-refractivity contribution in [2.24, 2.45) is 5.16 Å². The maximum atomic E-state index is 8.76. The zero-order valence-electron chi connectivity index (χ0n) is 13.7. The maximum absolute atomic E-state index is 8.76. The van der Waals surface area contributed by atoms with Crippen LogP contribution in [0.1, 0.15) is 6.42 Å². The smallest absolute Gasteiger partial charge is 0.380 e. The van der Waals surface area contributed by atoms with Gasteiger partial charge in [0.1, 0.15) is 0 Å². The Morgan fingerprint density at radius 1 is 0.760 bits per heavy atom. The summed E-state index contributed by atoms with van der Waals surface area (Å²) in [5, 5.41) is 16.3. The van der Waals surface area contributed by atoms with Crippen LogP contribution in [0, 0.1) is 11.3 Å². The van der Waals surface area contributed by atoms with E-state index in [9.17, 15) is 0 Å². The first-order chi connectivity index (χ1) is 12.4. The van der Waals surface area contributed by atoms with E-state index in [2.05, 4.69) is 47.6 Å². The third kappa shape index (κ3) is 3.52. The highest BCUT2D eigenvalue weighted by atomic mass is 28.4. The van der Waals surface area contributed by atoms with Crippen LogP contribution in [0.2, 0.25) is 0 Å². The molecule has 0 aliphatic heterocycles. The van der Waals surface area contributed by atoms with E-state index in [-0.39, 0.29) is 6.42 Å². The molecule has 0 bridgehead atoms. The summed E-state index contributed by atoms with van der Waals surface area (Å²) in [5.41, 5.74) is 0.